The van der Waals surface area contributed by atoms with E-state index in [9.17, 15) is 13.2 Å². The van der Waals surface area contributed by atoms with Gasteiger partial charge in [0.15, 0.2) is 5.96 Å². The maximum absolute atomic E-state index is 12.1. The Balaban J connectivity index is 1.80. The van der Waals surface area contributed by atoms with Crippen LogP contribution in [0.25, 0.3) is 0 Å². The predicted molar refractivity (Wildman–Crippen MR) is 116 cm³/mol. The van der Waals surface area contributed by atoms with Crippen LogP contribution in [0.2, 0.25) is 0 Å². The topological polar surface area (TPSA) is 54.9 Å². The lowest BCUT2D eigenvalue weighted by molar-refractivity contribution is -0.176. The standard InChI is InChI=1S/C23H30F3N3O2/c1-3-12-30-16-21-7-5-4-6-20(21)14-29-22(27-2)28-13-18-8-10-19(11-9-18)15-31-17-23(24,25)26/h4-11H,3,12-17H2,1-2H3,(H2,27,28,29). The van der Waals surface area contributed by atoms with Crippen LogP contribution in [0.5, 0.6) is 0 Å². The fraction of sp³-hybridized carbons (Fsp3) is 0.435. The Bertz CT molecular complexity index is 808. The number of nitrogens with zero attached hydrogens (tertiary/aromatic N) is 1. The van der Waals surface area contributed by atoms with Gasteiger partial charge in [0.2, 0.25) is 0 Å². The molecule has 0 amide bonds. The zero-order valence-electron chi connectivity index (χ0n) is 18.0. The number of nitrogens with one attached hydrogen (secondary N) is 2. The van der Waals surface area contributed by atoms with Crippen LogP contribution >= 0.6 is 0 Å². The minimum Gasteiger partial charge on any atom is -0.377 e. The van der Waals surface area contributed by atoms with Crippen molar-refractivity contribution in [1.29, 1.82) is 0 Å². The predicted octanol–water partition coefficient (Wildman–Crippen LogP) is 4.56. The molecule has 0 aliphatic carbocycles. The molecular weight excluding hydrogens is 407 g/mol. The number of aliphatic imine (C=N–C) groups is 1. The molecule has 0 bridgehead atoms. The van der Waals surface area contributed by atoms with Gasteiger partial charge in [-0.2, -0.15) is 13.2 Å². The summed E-state index contributed by atoms with van der Waals surface area (Å²) >= 11 is 0. The number of benzene rings is 2. The van der Waals surface area contributed by atoms with Gasteiger partial charge in [0.25, 0.3) is 0 Å². The highest BCUT2D eigenvalue weighted by molar-refractivity contribution is 5.79. The molecule has 0 aliphatic heterocycles. The van der Waals surface area contributed by atoms with Crippen LogP contribution in [0, 0.1) is 0 Å². The van der Waals surface area contributed by atoms with Crippen molar-refractivity contribution in [2.45, 2.75) is 45.8 Å². The molecule has 170 valence electrons. The van der Waals surface area contributed by atoms with Crippen molar-refractivity contribution in [3.63, 3.8) is 0 Å². The van der Waals surface area contributed by atoms with E-state index in [0.717, 1.165) is 29.7 Å². The molecule has 0 radical (unpaired) electrons. The van der Waals surface area contributed by atoms with Crippen molar-refractivity contribution in [1.82, 2.24) is 10.6 Å². The van der Waals surface area contributed by atoms with E-state index in [1.54, 1.807) is 19.2 Å². The Kier molecular flexibility index (Phi) is 10.3. The summed E-state index contributed by atoms with van der Waals surface area (Å²) in [5, 5.41) is 6.53. The Labute approximate surface area is 181 Å². The van der Waals surface area contributed by atoms with Gasteiger partial charge in [-0.05, 0) is 28.7 Å². The van der Waals surface area contributed by atoms with Gasteiger partial charge in [-0.15, -0.1) is 0 Å². The zero-order valence-corrected chi connectivity index (χ0v) is 18.0. The molecule has 0 aliphatic rings. The van der Waals surface area contributed by atoms with Gasteiger partial charge >= 0.3 is 6.18 Å². The average Bonchev–Trinajstić information content (AvgIpc) is 2.75. The normalized spacial score (nSPS) is 12.1. The van der Waals surface area contributed by atoms with Crippen LogP contribution in [-0.4, -0.2) is 32.4 Å². The summed E-state index contributed by atoms with van der Waals surface area (Å²) in [6, 6.07) is 15.3. The molecule has 31 heavy (non-hydrogen) atoms. The van der Waals surface area contributed by atoms with Crippen LogP contribution in [-0.2, 0) is 35.8 Å². The monoisotopic (exact) mass is 437 g/mol. The van der Waals surface area contributed by atoms with E-state index in [0.29, 0.717) is 31.2 Å². The van der Waals surface area contributed by atoms with Gasteiger partial charge < -0.3 is 20.1 Å². The maximum Gasteiger partial charge on any atom is 0.411 e. The molecule has 2 N–H and O–H groups in total. The lowest BCUT2D eigenvalue weighted by atomic mass is 10.1. The smallest absolute Gasteiger partial charge is 0.377 e. The van der Waals surface area contributed by atoms with Crippen LogP contribution in [0.3, 0.4) is 0 Å². The molecule has 0 heterocycles. The van der Waals surface area contributed by atoms with E-state index in [1.165, 1.54) is 0 Å². The average molecular weight is 438 g/mol. The first kappa shape index (κ1) is 24.7. The van der Waals surface area contributed by atoms with Gasteiger partial charge in [0, 0.05) is 26.7 Å². The van der Waals surface area contributed by atoms with E-state index in [2.05, 4.69) is 39.4 Å². The van der Waals surface area contributed by atoms with Crippen LogP contribution in [0.4, 0.5) is 13.2 Å². The largest absolute Gasteiger partial charge is 0.411 e. The van der Waals surface area contributed by atoms with Crippen molar-refractivity contribution in [2.24, 2.45) is 4.99 Å². The van der Waals surface area contributed by atoms with Crippen molar-refractivity contribution in [3.05, 3.63) is 70.8 Å². The van der Waals surface area contributed by atoms with Gasteiger partial charge in [-0.3, -0.25) is 4.99 Å². The Hall–Kier alpha value is -2.58. The first-order valence-electron chi connectivity index (χ1n) is 10.2. The Morgan fingerprint density at radius 2 is 1.52 bits per heavy atom. The number of hydrogen-bond donors (Lipinski definition) is 2. The highest BCUT2D eigenvalue weighted by Gasteiger charge is 2.27. The van der Waals surface area contributed by atoms with E-state index in [1.807, 2.05) is 24.3 Å². The SMILES string of the molecule is CCCOCc1ccccc1CNC(=NC)NCc1ccc(COCC(F)(F)F)cc1. The highest BCUT2D eigenvalue weighted by atomic mass is 19.4. The van der Waals surface area contributed by atoms with Crippen LogP contribution < -0.4 is 10.6 Å². The number of halogens is 3. The van der Waals surface area contributed by atoms with Crippen molar-refractivity contribution in [3.8, 4) is 0 Å². The molecule has 8 heteroatoms. The quantitative estimate of drug-likeness (QED) is 0.308. The first-order valence-corrected chi connectivity index (χ1v) is 10.2. The second-order valence-corrected chi connectivity index (χ2v) is 7.03. The number of ether oxygens (including phenoxy) is 2. The number of hydrogen-bond acceptors (Lipinski definition) is 3. The molecule has 0 aromatic heterocycles. The van der Waals surface area contributed by atoms with Gasteiger partial charge in [0.1, 0.15) is 6.61 Å². The minimum atomic E-state index is -4.31. The second kappa shape index (κ2) is 13.0. The van der Waals surface area contributed by atoms with Crippen LogP contribution in [0.15, 0.2) is 53.5 Å². The summed E-state index contributed by atoms with van der Waals surface area (Å²) in [7, 11) is 1.70. The minimum absolute atomic E-state index is 0.0716. The summed E-state index contributed by atoms with van der Waals surface area (Å²) in [4.78, 5) is 4.24. The highest BCUT2D eigenvalue weighted by Crippen LogP contribution is 2.16. The van der Waals surface area contributed by atoms with E-state index < -0.39 is 12.8 Å². The van der Waals surface area contributed by atoms with E-state index in [-0.39, 0.29) is 6.61 Å². The Morgan fingerprint density at radius 1 is 0.871 bits per heavy atom. The molecule has 0 spiro atoms. The molecule has 0 fully saturated rings. The van der Waals surface area contributed by atoms with Crippen molar-refractivity contribution in [2.75, 3.05) is 20.3 Å². The number of alkyl halides is 3. The molecule has 2 aromatic carbocycles. The summed E-state index contributed by atoms with van der Waals surface area (Å²) in [6.07, 6.45) is -3.33. The maximum atomic E-state index is 12.1. The third-order valence-corrected chi connectivity index (χ3v) is 4.41. The lowest BCUT2D eigenvalue weighted by Crippen LogP contribution is -2.36. The Morgan fingerprint density at radius 3 is 2.16 bits per heavy atom. The summed E-state index contributed by atoms with van der Waals surface area (Å²) in [6.45, 7) is 3.22. The first-order chi connectivity index (χ1) is 14.9. The molecule has 2 rings (SSSR count). The van der Waals surface area contributed by atoms with E-state index >= 15 is 0 Å². The van der Waals surface area contributed by atoms with Crippen LogP contribution in [0.1, 0.15) is 35.6 Å². The zero-order chi connectivity index (χ0) is 22.5. The van der Waals surface area contributed by atoms with Crippen molar-refractivity contribution < 1.29 is 22.6 Å². The van der Waals surface area contributed by atoms with Crippen molar-refractivity contribution >= 4 is 5.96 Å². The molecule has 0 unspecified atom stereocenters. The van der Waals surface area contributed by atoms with Gasteiger partial charge in [-0.25, -0.2) is 0 Å². The van der Waals surface area contributed by atoms with Gasteiger partial charge in [-0.1, -0.05) is 55.5 Å². The lowest BCUT2D eigenvalue weighted by Gasteiger charge is -2.15. The fourth-order valence-electron chi connectivity index (χ4n) is 2.82. The summed E-state index contributed by atoms with van der Waals surface area (Å²) in [5.74, 6) is 0.655. The molecule has 0 saturated heterocycles. The third kappa shape index (κ3) is 9.85. The fourth-order valence-corrected chi connectivity index (χ4v) is 2.82. The molecule has 0 saturated carbocycles. The number of guanidine groups is 1. The number of rotatable bonds is 11. The summed E-state index contributed by atoms with van der Waals surface area (Å²) < 4.78 is 46.8. The van der Waals surface area contributed by atoms with E-state index in [4.69, 9.17) is 4.74 Å². The second-order valence-electron chi connectivity index (χ2n) is 7.03. The molecule has 2 aromatic rings. The molecule has 0 atom stereocenters. The molecular formula is C23H30F3N3O2. The van der Waals surface area contributed by atoms with Gasteiger partial charge in [0.05, 0.1) is 13.2 Å². The third-order valence-electron chi connectivity index (χ3n) is 4.41. The summed E-state index contributed by atoms with van der Waals surface area (Å²) in [5.41, 5.74) is 3.96. The molecule has 5 nitrogen and oxygen atoms in total.